The highest BCUT2D eigenvalue weighted by atomic mass is 19.1. The number of halogens is 1. The zero-order chi connectivity index (χ0) is 11.8. The first kappa shape index (κ1) is 11.0. The van der Waals surface area contributed by atoms with Gasteiger partial charge in [0.2, 0.25) is 5.95 Å². The van der Waals surface area contributed by atoms with E-state index in [0.29, 0.717) is 12.8 Å². The zero-order valence-electron chi connectivity index (χ0n) is 8.81. The molecule has 0 radical (unpaired) electrons. The third-order valence-corrected chi connectivity index (χ3v) is 3.03. The largest absolute Gasteiger partial charge is 0.467 e. The van der Waals surface area contributed by atoms with Gasteiger partial charge in [0.25, 0.3) is 0 Å². The van der Waals surface area contributed by atoms with Crippen LogP contribution in [0, 0.1) is 5.95 Å². The van der Waals surface area contributed by atoms with Crippen LogP contribution in [0.1, 0.15) is 18.4 Å². The van der Waals surface area contributed by atoms with E-state index in [1.165, 1.54) is 13.3 Å². The third-order valence-electron chi connectivity index (χ3n) is 3.03. The Morgan fingerprint density at radius 3 is 2.88 bits per heavy atom. The third kappa shape index (κ3) is 1.57. The van der Waals surface area contributed by atoms with Gasteiger partial charge >= 0.3 is 5.97 Å². The van der Waals surface area contributed by atoms with E-state index in [9.17, 15) is 14.3 Å². The summed E-state index contributed by atoms with van der Waals surface area (Å²) in [5.41, 5.74) is -0.557. The van der Waals surface area contributed by atoms with Gasteiger partial charge in [-0.15, -0.1) is 0 Å². The fourth-order valence-corrected chi connectivity index (χ4v) is 1.92. The average molecular weight is 225 g/mol. The van der Waals surface area contributed by atoms with Crippen molar-refractivity contribution in [1.82, 2.24) is 4.98 Å². The molecule has 1 heterocycles. The average Bonchev–Trinajstić information content (AvgIpc) is 3.09. The number of ether oxygens (including phenoxy) is 1. The first-order chi connectivity index (χ1) is 7.62. The van der Waals surface area contributed by atoms with Crippen LogP contribution in [0.15, 0.2) is 18.3 Å². The molecule has 0 aromatic carbocycles. The molecule has 1 aromatic rings. The first-order valence-corrected chi connectivity index (χ1v) is 4.99. The lowest BCUT2D eigenvalue weighted by molar-refractivity contribution is -0.152. The van der Waals surface area contributed by atoms with Crippen LogP contribution < -0.4 is 0 Å². The SMILES string of the molecule is COC(=O)C(O)C1(c2cccnc2F)CC1. The van der Waals surface area contributed by atoms with Crippen LogP contribution in [0.5, 0.6) is 0 Å². The van der Waals surface area contributed by atoms with E-state index in [-0.39, 0.29) is 5.56 Å². The van der Waals surface area contributed by atoms with E-state index in [4.69, 9.17) is 0 Å². The van der Waals surface area contributed by atoms with E-state index < -0.39 is 23.4 Å². The Morgan fingerprint density at radius 2 is 2.38 bits per heavy atom. The second kappa shape index (κ2) is 3.83. The van der Waals surface area contributed by atoms with Crippen LogP contribution in [0.25, 0.3) is 0 Å². The number of esters is 1. The predicted molar refractivity (Wildman–Crippen MR) is 53.1 cm³/mol. The quantitative estimate of drug-likeness (QED) is 0.610. The van der Waals surface area contributed by atoms with E-state index >= 15 is 0 Å². The van der Waals surface area contributed by atoms with Crippen molar-refractivity contribution in [3.05, 3.63) is 29.8 Å². The molecule has 1 N–H and O–H groups in total. The molecular weight excluding hydrogens is 213 g/mol. The maximum absolute atomic E-state index is 13.5. The Bertz CT molecular complexity index is 417. The Kier molecular flexibility index (Phi) is 2.63. The van der Waals surface area contributed by atoms with Crippen LogP contribution in [-0.4, -0.2) is 29.3 Å². The molecule has 1 atom stereocenters. The summed E-state index contributed by atoms with van der Waals surface area (Å²) >= 11 is 0. The number of carbonyl (C=O) groups excluding carboxylic acids is 1. The number of hydrogen-bond acceptors (Lipinski definition) is 4. The number of pyridine rings is 1. The maximum atomic E-state index is 13.5. The van der Waals surface area contributed by atoms with Gasteiger partial charge < -0.3 is 9.84 Å². The first-order valence-electron chi connectivity index (χ1n) is 4.99. The molecule has 1 saturated carbocycles. The molecule has 0 saturated heterocycles. The number of methoxy groups -OCH3 is 1. The molecule has 4 nitrogen and oxygen atoms in total. The summed E-state index contributed by atoms with van der Waals surface area (Å²) in [6, 6.07) is 3.13. The van der Waals surface area contributed by atoms with Crippen molar-refractivity contribution in [3.63, 3.8) is 0 Å². The lowest BCUT2D eigenvalue weighted by atomic mass is 9.91. The molecule has 16 heavy (non-hydrogen) atoms. The lowest BCUT2D eigenvalue weighted by Gasteiger charge is -2.20. The number of aromatic nitrogens is 1. The van der Waals surface area contributed by atoms with Gasteiger partial charge in [-0.1, -0.05) is 6.07 Å². The molecule has 1 unspecified atom stereocenters. The number of hydrogen-bond donors (Lipinski definition) is 1. The highest BCUT2D eigenvalue weighted by molar-refractivity contribution is 5.77. The normalized spacial score (nSPS) is 18.9. The van der Waals surface area contributed by atoms with Crippen LogP contribution in [0.3, 0.4) is 0 Å². The molecule has 1 aromatic heterocycles. The number of aliphatic hydroxyl groups is 1. The van der Waals surface area contributed by atoms with Gasteiger partial charge in [-0.2, -0.15) is 4.39 Å². The van der Waals surface area contributed by atoms with Crippen LogP contribution in [0.2, 0.25) is 0 Å². The van der Waals surface area contributed by atoms with E-state index in [1.54, 1.807) is 12.1 Å². The fourth-order valence-electron chi connectivity index (χ4n) is 1.92. The van der Waals surface area contributed by atoms with Gasteiger partial charge in [0.1, 0.15) is 0 Å². The highest BCUT2D eigenvalue weighted by Gasteiger charge is 2.55. The van der Waals surface area contributed by atoms with Gasteiger partial charge in [0.15, 0.2) is 6.10 Å². The summed E-state index contributed by atoms with van der Waals surface area (Å²) in [4.78, 5) is 14.8. The predicted octanol–water partition coefficient (Wildman–Crippen LogP) is 0.786. The van der Waals surface area contributed by atoms with Gasteiger partial charge in [0.05, 0.1) is 7.11 Å². The van der Waals surface area contributed by atoms with Crippen LogP contribution >= 0.6 is 0 Å². The second-order valence-corrected chi connectivity index (χ2v) is 3.92. The molecule has 0 bridgehead atoms. The summed E-state index contributed by atoms with van der Waals surface area (Å²) in [6.45, 7) is 0. The minimum Gasteiger partial charge on any atom is -0.467 e. The van der Waals surface area contributed by atoms with E-state index in [2.05, 4.69) is 9.72 Å². The van der Waals surface area contributed by atoms with Crippen molar-refractivity contribution < 1.29 is 19.0 Å². The summed E-state index contributed by atoms with van der Waals surface area (Å²) < 4.78 is 17.9. The summed E-state index contributed by atoms with van der Waals surface area (Å²) in [7, 11) is 1.20. The lowest BCUT2D eigenvalue weighted by Crippen LogP contribution is -2.35. The van der Waals surface area contributed by atoms with Gasteiger partial charge in [-0.25, -0.2) is 9.78 Å². The van der Waals surface area contributed by atoms with E-state index in [1.807, 2.05) is 0 Å². The summed E-state index contributed by atoms with van der Waals surface area (Å²) in [6.07, 6.45) is 1.13. The van der Waals surface area contributed by atoms with Gasteiger partial charge in [0, 0.05) is 17.2 Å². The number of rotatable bonds is 3. The Morgan fingerprint density at radius 1 is 1.69 bits per heavy atom. The monoisotopic (exact) mass is 225 g/mol. The molecule has 0 amide bonds. The fraction of sp³-hybridized carbons (Fsp3) is 0.455. The number of aliphatic hydroxyl groups excluding tert-OH is 1. The van der Waals surface area contributed by atoms with Crippen molar-refractivity contribution in [2.24, 2.45) is 0 Å². The van der Waals surface area contributed by atoms with Gasteiger partial charge in [-0.05, 0) is 18.9 Å². The molecule has 1 fully saturated rings. The van der Waals surface area contributed by atoms with Crippen molar-refractivity contribution >= 4 is 5.97 Å². The molecule has 86 valence electrons. The van der Waals surface area contributed by atoms with Crippen molar-refractivity contribution in [1.29, 1.82) is 0 Å². The Balaban J connectivity index is 2.33. The zero-order valence-corrected chi connectivity index (χ0v) is 8.81. The summed E-state index contributed by atoms with van der Waals surface area (Å²) in [5.74, 6) is -1.37. The standard InChI is InChI=1S/C11H12FNO3/c1-16-10(15)8(14)11(4-5-11)7-3-2-6-13-9(7)12/h2-3,6,8,14H,4-5H2,1H3. The molecular formula is C11H12FNO3. The maximum Gasteiger partial charge on any atom is 0.335 e. The number of carbonyl (C=O) groups is 1. The molecule has 1 aliphatic rings. The minimum absolute atomic E-state index is 0.285. The van der Waals surface area contributed by atoms with Crippen LogP contribution in [0.4, 0.5) is 4.39 Å². The van der Waals surface area contributed by atoms with Crippen molar-refractivity contribution in [2.45, 2.75) is 24.4 Å². The van der Waals surface area contributed by atoms with Crippen LogP contribution in [-0.2, 0) is 14.9 Å². The van der Waals surface area contributed by atoms with Gasteiger partial charge in [-0.3, -0.25) is 0 Å². The Labute approximate surface area is 92.1 Å². The minimum atomic E-state index is -1.32. The van der Waals surface area contributed by atoms with Crippen molar-refractivity contribution in [2.75, 3.05) is 7.11 Å². The molecule has 0 spiro atoms. The highest BCUT2D eigenvalue weighted by Crippen LogP contribution is 2.51. The van der Waals surface area contributed by atoms with Crippen molar-refractivity contribution in [3.8, 4) is 0 Å². The second-order valence-electron chi connectivity index (χ2n) is 3.92. The topological polar surface area (TPSA) is 59.4 Å². The number of nitrogens with zero attached hydrogens (tertiary/aromatic N) is 1. The molecule has 0 aliphatic heterocycles. The molecule has 5 heteroatoms. The summed E-state index contributed by atoms with van der Waals surface area (Å²) in [5, 5.41) is 9.82. The Hall–Kier alpha value is -1.49. The smallest absolute Gasteiger partial charge is 0.335 e. The molecule has 1 aliphatic carbocycles. The van der Waals surface area contributed by atoms with E-state index in [0.717, 1.165) is 0 Å². The molecule has 2 rings (SSSR count).